The standard InChI is InChI=1S/C16H18N2S/c1-11-8-9-12(2)18(11)17-13(3)16-10-14-6-4-5-7-15(14)19-16/h4-10,13,17H,1-3H3. The van der Waals surface area contributed by atoms with E-state index in [1.54, 1.807) is 0 Å². The summed E-state index contributed by atoms with van der Waals surface area (Å²) in [5, 5.41) is 1.33. The second-order valence-corrected chi connectivity index (χ2v) is 6.10. The van der Waals surface area contributed by atoms with Crippen LogP contribution in [0.3, 0.4) is 0 Å². The Morgan fingerprint density at radius 1 is 1.05 bits per heavy atom. The van der Waals surface area contributed by atoms with Crippen molar-refractivity contribution in [3.63, 3.8) is 0 Å². The number of thiophene rings is 1. The van der Waals surface area contributed by atoms with Gasteiger partial charge in [-0.15, -0.1) is 11.3 Å². The van der Waals surface area contributed by atoms with Crippen molar-refractivity contribution >= 4 is 21.4 Å². The molecule has 1 N–H and O–H groups in total. The predicted octanol–water partition coefficient (Wildman–Crippen LogP) is 4.62. The van der Waals surface area contributed by atoms with Gasteiger partial charge < -0.3 is 5.43 Å². The quantitative estimate of drug-likeness (QED) is 0.734. The van der Waals surface area contributed by atoms with Gasteiger partial charge in [0.15, 0.2) is 0 Å². The van der Waals surface area contributed by atoms with Crippen molar-refractivity contribution in [1.82, 2.24) is 4.68 Å². The summed E-state index contributed by atoms with van der Waals surface area (Å²) in [6.45, 7) is 6.46. The van der Waals surface area contributed by atoms with Crippen molar-refractivity contribution in [3.05, 3.63) is 58.7 Å². The molecule has 0 aliphatic rings. The summed E-state index contributed by atoms with van der Waals surface area (Å²) in [7, 11) is 0. The number of hydrogen-bond acceptors (Lipinski definition) is 2. The molecule has 0 radical (unpaired) electrons. The molecule has 2 heterocycles. The molecule has 3 aromatic rings. The molecule has 3 heteroatoms. The maximum Gasteiger partial charge on any atom is 0.0738 e. The lowest BCUT2D eigenvalue weighted by Crippen LogP contribution is -2.20. The summed E-state index contributed by atoms with van der Waals surface area (Å²) in [5.41, 5.74) is 6.05. The molecule has 3 rings (SSSR count). The molecule has 1 unspecified atom stereocenters. The van der Waals surface area contributed by atoms with Crippen LogP contribution in [-0.4, -0.2) is 4.68 Å². The molecule has 0 saturated carbocycles. The molecule has 0 aliphatic heterocycles. The van der Waals surface area contributed by atoms with Gasteiger partial charge in [0.05, 0.1) is 6.04 Å². The Bertz CT molecular complexity index is 656. The number of rotatable bonds is 3. The van der Waals surface area contributed by atoms with Gasteiger partial charge in [-0.3, -0.25) is 4.68 Å². The molecule has 2 nitrogen and oxygen atoms in total. The van der Waals surface area contributed by atoms with Crippen LogP contribution in [0.1, 0.15) is 29.2 Å². The number of benzene rings is 1. The fraction of sp³-hybridized carbons (Fsp3) is 0.250. The number of nitrogens with zero attached hydrogens (tertiary/aromatic N) is 1. The highest BCUT2D eigenvalue weighted by Gasteiger charge is 2.11. The average Bonchev–Trinajstić information content (AvgIpc) is 2.97. The normalized spacial score (nSPS) is 12.8. The second-order valence-electron chi connectivity index (χ2n) is 4.99. The van der Waals surface area contributed by atoms with Gasteiger partial charge in [0.1, 0.15) is 0 Å². The fourth-order valence-electron chi connectivity index (χ4n) is 2.35. The van der Waals surface area contributed by atoms with E-state index in [4.69, 9.17) is 0 Å². The van der Waals surface area contributed by atoms with E-state index < -0.39 is 0 Å². The van der Waals surface area contributed by atoms with Crippen LogP contribution in [-0.2, 0) is 0 Å². The summed E-state index contributed by atoms with van der Waals surface area (Å²) in [6, 6.07) is 15.4. The zero-order chi connectivity index (χ0) is 13.4. The maximum atomic E-state index is 3.56. The highest BCUT2D eigenvalue weighted by atomic mass is 32.1. The van der Waals surface area contributed by atoms with Gasteiger partial charge in [-0.25, -0.2) is 0 Å². The Morgan fingerprint density at radius 2 is 1.74 bits per heavy atom. The van der Waals surface area contributed by atoms with Gasteiger partial charge in [-0.2, -0.15) is 0 Å². The molecule has 0 saturated heterocycles. The van der Waals surface area contributed by atoms with Gasteiger partial charge in [0.2, 0.25) is 0 Å². The van der Waals surface area contributed by atoms with Crippen LogP contribution < -0.4 is 5.43 Å². The number of aryl methyl sites for hydroxylation is 2. The molecule has 0 bridgehead atoms. The molecule has 0 spiro atoms. The van der Waals surface area contributed by atoms with E-state index in [1.807, 2.05) is 11.3 Å². The van der Waals surface area contributed by atoms with Crippen molar-refractivity contribution < 1.29 is 0 Å². The third kappa shape index (κ3) is 2.26. The first kappa shape index (κ1) is 12.3. The smallest absolute Gasteiger partial charge is 0.0738 e. The Labute approximate surface area is 117 Å². The molecular formula is C16H18N2S. The average molecular weight is 270 g/mol. The Morgan fingerprint density at radius 3 is 2.42 bits per heavy atom. The van der Waals surface area contributed by atoms with Gasteiger partial charge in [-0.05, 0) is 50.4 Å². The first-order valence-corrected chi connectivity index (χ1v) is 7.37. The molecule has 1 atom stereocenters. The molecule has 0 aliphatic carbocycles. The largest absolute Gasteiger partial charge is 0.318 e. The van der Waals surface area contributed by atoms with Crippen LogP contribution >= 0.6 is 11.3 Å². The van der Waals surface area contributed by atoms with E-state index >= 15 is 0 Å². The first-order valence-electron chi connectivity index (χ1n) is 6.55. The Hall–Kier alpha value is -1.74. The SMILES string of the molecule is Cc1ccc(C)n1NC(C)c1cc2ccccc2s1. The van der Waals surface area contributed by atoms with Crippen molar-refractivity contribution in [1.29, 1.82) is 0 Å². The summed E-state index contributed by atoms with van der Waals surface area (Å²) in [5.74, 6) is 0. The minimum atomic E-state index is 0.308. The number of fused-ring (bicyclic) bond motifs is 1. The minimum absolute atomic E-state index is 0.308. The maximum absolute atomic E-state index is 3.56. The van der Waals surface area contributed by atoms with E-state index in [9.17, 15) is 0 Å². The van der Waals surface area contributed by atoms with E-state index in [1.165, 1.54) is 26.4 Å². The van der Waals surface area contributed by atoms with E-state index in [-0.39, 0.29) is 0 Å². The van der Waals surface area contributed by atoms with Gasteiger partial charge in [0, 0.05) is 21.0 Å². The third-order valence-corrected chi connectivity index (χ3v) is 4.76. The molecule has 98 valence electrons. The van der Waals surface area contributed by atoms with Crippen LogP contribution in [0.4, 0.5) is 0 Å². The van der Waals surface area contributed by atoms with Crippen LogP contribution in [0.2, 0.25) is 0 Å². The molecule has 0 amide bonds. The van der Waals surface area contributed by atoms with Gasteiger partial charge in [-0.1, -0.05) is 18.2 Å². The first-order chi connectivity index (χ1) is 9.15. The summed E-state index contributed by atoms with van der Waals surface area (Å²) < 4.78 is 3.52. The molecule has 19 heavy (non-hydrogen) atoms. The second kappa shape index (κ2) is 4.74. The zero-order valence-electron chi connectivity index (χ0n) is 11.5. The van der Waals surface area contributed by atoms with E-state index in [0.29, 0.717) is 6.04 Å². The molecule has 2 aromatic heterocycles. The monoisotopic (exact) mass is 270 g/mol. The summed E-state index contributed by atoms with van der Waals surface area (Å²) in [4.78, 5) is 1.37. The highest BCUT2D eigenvalue weighted by molar-refractivity contribution is 7.19. The zero-order valence-corrected chi connectivity index (χ0v) is 12.3. The third-order valence-electron chi connectivity index (χ3n) is 3.47. The van der Waals surface area contributed by atoms with Crippen molar-refractivity contribution in [2.45, 2.75) is 26.8 Å². The van der Waals surface area contributed by atoms with Crippen LogP contribution in [0.15, 0.2) is 42.5 Å². The van der Waals surface area contributed by atoms with Gasteiger partial charge in [0.25, 0.3) is 0 Å². The van der Waals surface area contributed by atoms with Crippen LogP contribution in [0.5, 0.6) is 0 Å². The molecule has 1 aromatic carbocycles. The topological polar surface area (TPSA) is 17.0 Å². The number of nitrogens with one attached hydrogen (secondary N) is 1. The van der Waals surface area contributed by atoms with Crippen molar-refractivity contribution in [2.75, 3.05) is 5.43 Å². The number of hydrogen-bond donors (Lipinski definition) is 1. The lowest BCUT2D eigenvalue weighted by molar-refractivity contribution is 0.708. The number of aromatic nitrogens is 1. The highest BCUT2D eigenvalue weighted by Crippen LogP contribution is 2.30. The summed E-state index contributed by atoms with van der Waals surface area (Å²) in [6.07, 6.45) is 0. The minimum Gasteiger partial charge on any atom is -0.318 e. The molecular weight excluding hydrogens is 252 g/mol. The van der Waals surface area contributed by atoms with Crippen molar-refractivity contribution in [3.8, 4) is 0 Å². The Balaban J connectivity index is 1.89. The van der Waals surface area contributed by atoms with E-state index in [0.717, 1.165) is 0 Å². The lowest BCUT2D eigenvalue weighted by Gasteiger charge is -2.18. The Kier molecular flexibility index (Phi) is 3.07. The van der Waals surface area contributed by atoms with Crippen molar-refractivity contribution in [2.24, 2.45) is 0 Å². The predicted molar refractivity (Wildman–Crippen MR) is 83.5 cm³/mol. The lowest BCUT2D eigenvalue weighted by atomic mass is 10.2. The van der Waals surface area contributed by atoms with E-state index in [2.05, 4.69) is 73.3 Å². The summed E-state index contributed by atoms with van der Waals surface area (Å²) >= 11 is 1.86. The van der Waals surface area contributed by atoms with Crippen LogP contribution in [0.25, 0.3) is 10.1 Å². The van der Waals surface area contributed by atoms with Gasteiger partial charge >= 0.3 is 0 Å². The molecule has 0 fully saturated rings. The fourth-order valence-corrected chi connectivity index (χ4v) is 3.41. The van der Waals surface area contributed by atoms with Crippen LogP contribution in [0, 0.1) is 13.8 Å².